The van der Waals surface area contributed by atoms with Crippen molar-refractivity contribution in [1.29, 1.82) is 0 Å². The van der Waals surface area contributed by atoms with Crippen LogP contribution in [0.1, 0.15) is 31.2 Å². The van der Waals surface area contributed by atoms with Gasteiger partial charge in [-0.3, -0.25) is 9.69 Å². The molecule has 0 bridgehead atoms. The van der Waals surface area contributed by atoms with E-state index in [9.17, 15) is 9.18 Å². The van der Waals surface area contributed by atoms with Gasteiger partial charge in [0.2, 0.25) is 0 Å². The maximum Gasteiger partial charge on any atom is 0.256 e. The molecule has 0 aromatic heterocycles. The SMILES string of the molecule is COC1C2=C(CCCC2)C(=O)N1c1cc(OCc2cccc(Cl)c2)c(Cl)cc1F. The Hall–Kier alpha value is -2.08. The van der Waals surface area contributed by atoms with Crippen LogP contribution in [0.3, 0.4) is 0 Å². The second kappa shape index (κ2) is 8.34. The molecule has 1 unspecified atom stereocenters. The predicted octanol–water partition coefficient (Wildman–Crippen LogP) is 5.90. The van der Waals surface area contributed by atoms with E-state index in [0.29, 0.717) is 11.4 Å². The van der Waals surface area contributed by atoms with Crippen LogP contribution in [-0.2, 0) is 16.1 Å². The number of carbonyl (C=O) groups is 1. The standard InChI is InChI=1S/C22H20Cl2FNO3/c1-28-22-16-8-3-2-7-15(16)21(27)26(22)19-11-20(17(24)10-18(19)25)29-12-13-5-4-6-14(23)9-13/h4-6,9-11,22H,2-3,7-8,12H2,1H3. The highest BCUT2D eigenvalue weighted by Crippen LogP contribution is 2.42. The van der Waals surface area contributed by atoms with Crippen LogP contribution in [0.5, 0.6) is 5.75 Å². The van der Waals surface area contributed by atoms with E-state index in [-0.39, 0.29) is 29.0 Å². The first-order chi connectivity index (χ1) is 14.0. The fraction of sp³-hybridized carbons (Fsp3) is 0.318. The molecule has 0 radical (unpaired) electrons. The summed E-state index contributed by atoms with van der Waals surface area (Å²) >= 11 is 12.2. The smallest absolute Gasteiger partial charge is 0.256 e. The van der Waals surface area contributed by atoms with Crippen LogP contribution in [-0.4, -0.2) is 19.2 Å². The number of hydrogen-bond acceptors (Lipinski definition) is 3. The summed E-state index contributed by atoms with van der Waals surface area (Å²) in [6, 6.07) is 9.87. The Bertz CT molecular complexity index is 992. The molecule has 0 fully saturated rings. The zero-order chi connectivity index (χ0) is 20.5. The van der Waals surface area contributed by atoms with Crippen molar-refractivity contribution in [3.8, 4) is 5.75 Å². The molecule has 1 heterocycles. The van der Waals surface area contributed by atoms with Crippen molar-refractivity contribution >= 4 is 34.8 Å². The third-order valence-corrected chi connectivity index (χ3v) is 5.82. The summed E-state index contributed by atoms with van der Waals surface area (Å²) in [6.07, 6.45) is 2.82. The Kier molecular flexibility index (Phi) is 5.81. The number of amides is 1. The highest BCUT2D eigenvalue weighted by Gasteiger charge is 2.42. The third kappa shape index (κ3) is 3.87. The minimum absolute atomic E-state index is 0.0988. The van der Waals surface area contributed by atoms with Crippen molar-refractivity contribution in [3.63, 3.8) is 0 Å². The maximum atomic E-state index is 14.8. The van der Waals surface area contributed by atoms with Gasteiger partial charge in [0.1, 0.15) is 18.2 Å². The van der Waals surface area contributed by atoms with Crippen LogP contribution >= 0.6 is 23.2 Å². The van der Waals surface area contributed by atoms with Gasteiger partial charge in [0.25, 0.3) is 5.91 Å². The molecule has 4 rings (SSSR count). The van der Waals surface area contributed by atoms with Gasteiger partial charge in [-0.15, -0.1) is 0 Å². The lowest BCUT2D eigenvalue weighted by Crippen LogP contribution is -2.37. The summed E-state index contributed by atoms with van der Waals surface area (Å²) in [4.78, 5) is 14.4. The van der Waals surface area contributed by atoms with Gasteiger partial charge >= 0.3 is 0 Å². The normalized spacial score (nSPS) is 19.0. The topological polar surface area (TPSA) is 38.8 Å². The molecule has 0 N–H and O–H groups in total. The molecule has 152 valence electrons. The third-order valence-electron chi connectivity index (χ3n) is 5.29. The molecule has 2 aromatic rings. The average molecular weight is 436 g/mol. The molecular weight excluding hydrogens is 416 g/mol. The van der Waals surface area contributed by atoms with Gasteiger partial charge in [-0.1, -0.05) is 35.3 Å². The summed E-state index contributed by atoms with van der Waals surface area (Å²) < 4.78 is 26.2. The molecule has 1 aliphatic carbocycles. The average Bonchev–Trinajstić information content (AvgIpc) is 2.99. The number of hydrogen-bond donors (Lipinski definition) is 0. The van der Waals surface area contributed by atoms with Gasteiger partial charge in [0, 0.05) is 23.8 Å². The first-order valence-corrected chi connectivity index (χ1v) is 10.2. The van der Waals surface area contributed by atoms with Gasteiger partial charge < -0.3 is 9.47 Å². The van der Waals surface area contributed by atoms with Crippen molar-refractivity contribution in [3.05, 3.63) is 69.0 Å². The zero-order valence-corrected chi connectivity index (χ0v) is 17.4. The van der Waals surface area contributed by atoms with E-state index < -0.39 is 12.0 Å². The highest BCUT2D eigenvalue weighted by atomic mass is 35.5. The van der Waals surface area contributed by atoms with Gasteiger partial charge in [0.15, 0.2) is 6.23 Å². The molecule has 0 spiro atoms. The van der Waals surface area contributed by atoms with Crippen LogP contribution in [0.2, 0.25) is 10.0 Å². The first-order valence-electron chi connectivity index (χ1n) is 9.44. The molecule has 2 aliphatic rings. The number of anilines is 1. The van der Waals surface area contributed by atoms with E-state index >= 15 is 0 Å². The minimum atomic E-state index is -0.603. The lowest BCUT2D eigenvalue weighted by molar-refractivity contribution is -0.116. The summed E-state index contributed by atoms with van der Waals surface area (Å²) in [6.45, 7) is 0.210. The van der Waals surface area contributed by atoms with Crippen LogP contribution in [0, 0.1) is 5.82 Å². The highest BCUT2D eigenvalue weighted by molar-refractivity contribution is 6.32. The summed E-state index contributed by atoms with van der Waals surface area (Å²) in [5.41, 5.74) is 2.63. The van der Waals surface area contributed by atoms with E-state index in [2.05, 4.69) is 0 Å². The van der Waals surface area contributed by atoms with Crippen LogP contribution in [0.25, 0.3) is 0 Å². The van der Waals surface area contributed by atoms with Crippen molar-refractivity contribution in [2.75, 3.05) is 12.0 Å². The Morgan fingerprint density at radius 1 is 1.17 bits per heavy atom. The molecule has 0 saturated heterocycles. The Balaban J connectivity index is 1.64. The molecule has 29 heavy (non-hydrogen) atoms. The molecule has 1 atom stereocenters. The van der Waals surface area contributed by atoms with Crippen molar-refractivity contribution < 1.29 is 18.7 Å². The Labute approximate surface area is 178 Å². The molecule has 1 amide bonds. The number of carbonyl (C=O) groups excluding carboxylic acids is 1. The molecular formula is C22H20Cl2FNO3. The van der Waals surface area contributed by atoms with Gasteiger partial charge in [-0.25, -0.2) is 4.39 Å². The van der Waals surface area contributed by atoms with Crippen LogP contribution in [0.4, 0.5) is 10.1 Å². The second-order valence-electron chi connectivity index (χ2n) is 7.13. The van der Waals surface area contributed by atoms with Gasteiger partial charge in [0.05, 0.1) is 10.7 Å². The minimum Gasteiger partial charge on any atom is -0.487 e. The number of nitrogens with zero attached hydrogens (tertiary/aromatic N) is 1. The maximum absolute atomic E-state index is 14.8. The Morgan fingerprint density at radius 3 is 2.72 bits per heavy atom. The van der Waals surface area contributed by atoms with Gasteiger partial charge in [-0.2, -0.15) is 0 Å². The number of benzene rings is 2. The number of methoxy groups -OCH3 is 1. The molecule has 1 aliphatic heterocycles. The van der Waals surface area contributed by atoms with Crippen molar-refractivity contribution in [2.45, 2.75) is 38.5 Å². The summed E-state index contributed by atoms with van der Waals surface area (Å²) in [5.74, 6) is -0.524. The molecule has 7 heteroatoms. The number of halogens is 3. The zero-order valence-electron chi connectivity index (χ0n) is 15.9. The lowest BCUT2D eigenvalue weighted by Gasteiger charge is -2.27. The largest absolute Gasteiger partial charge is 0.487 e. The molecule has 2 aromatic carbocycles. The molecule has 0 saturated carbocycles. The number of rotatable bonds is 5. The van der Waals surface area contributed by atoms with E-state index in [1.807, 2.05) is 12.1 Å². The first kappa shape index (κ1) is 20.2. The van der Waals surface area contributed by atoms with E-state index in [1.165, 1.54) is 24.1 Å². The number of ether oxygens (including phenoxy) is 2. The second-order valence-corrected chi connectivity index (χ2v) is 7.97. The lowest BCUT2D eigenvalue weighted by atomic mass is 9.93. The van der Waals surface area contributed by atoms with Crippen LogP contribution < -0.4 is 9.64 Å². The van der Waals surface area contributed by atoms with Gasteiger partial charge in [-0.05, 0) is 55.0 Å². The van der Waals surface area contributed by atoms with Crippen molar-refractivity contribution in [2.24, 2.45) is 0 Å². The summed E-state index contributed by atoms with van der Waals surface area (Å²) in [7, 11) is 1.53. The van der Waals surface area contributed by atoms with Crippen LogP contribution in [0.15, 0.2) is 47.5 Å². The quantitative estimate of drug-likeness (QED) is 0.586. The van der Waals surface area contributed by atoms with Crippen molar-refractivity contribution in [1.82, 2.24) is 0 Å². The molecule has 4 nitrogen and oxygen atoms in total. The fourth-order valence-corrected chi connectivity index (χ4v) is 4.36. The Morgan fingerprint density at radius 2 is 1.97 bits per heavy atom. The predicted molar refractivity (Wildman–Crippen MR) is 111 cm³/mol. The fourth-order valence-electron chi connectivity index (χ4n) is 3.94. The van der Waals surface area contributed by atoms with E-state index in [4.69, 9.17) is 32.7 Å². The van der Waals surface area contributed by atoms with E-state index in [0.717, 1.165) is 36.0 Å². The summed E-state index contributed by atoms with van der Waals surface area (Å²) in [5, 5.41) is 0.728. The van der Waals surface area contributed by atoms with E-state index in [1.54, 1.807) is 12.1 Å². The monoisotopic (exact) mass is 435 g/mol.